The zero-order valence-electron chi connectivity index (χ0n) is 15.6. The van der Waals surface area contributed by atoms with E-state index in [1.807, 2.05) is 7.05 Å². The molecule has 0 saturated carbocycles. The van der Waals surface area contributed by atoms with Crippen molar-refractivity contribution in [2.24, 2.45) is 12.0 Å². The molecule has 11 heteroatoms. The van der Waals surface area contributed by atoms with Gasteiger partial charge in [0.2, 0.25) is 5.91 Å². The SMILES string of the molecule is CN=C(NCc1ncnn1C)N1CCN(CC(=O)NCCOC)CC1.I. The van der Waals surface area contributed by atoms with Crippen LogP contribution in [0.15, 0.2) is 11.3 Å². The molecule has 1 aliphatic rings. The molecule has 1 saturated heterocycles. The number of guanidine groups is 1. The van der Waals surface area contributed by atoms with Crippen LogP contribution >= 0.6 is 24.0 Å². The third kappa shape index (κ3) is 7.03. The van der Waals surface area contributed by atoms with Gasteiger partial charge in [-0.1, -0.05) is 0 Å². The molecule has 10 nitrogen and oxygen atoms in total. The average molecular weight is 480 g/mol. The van der Waals surface area contributed by atoms with Crippen molar-refractivity contribution in [1.82, 2.24) is 35.2 Å². The Bertz CT molecular complexity index is 572. The maximum atomic E-state index is 11.9. The van der Waals surface area contributed by atoms with Crippen molar-refractivity contribution < 1.29 is 9.53 Å². The summed E-state index contributed by atoms with van der Waals surface area (Å²) in [6.07, 6.45) is 1.54. The number of carbonyl (C=O) groups is 1. The summed E-state index contributed by atoms with van der Waals surface area (Å²) in [6.45, 7) is 5.37. The van der Waals surface area contributed by atoms with Gasteiger partial charge in [0, 0.05) is 53.9 Å². The summed E-state index contributed by atoms with van der Waals surface area (Å²) in [5.74, 6) is 1.73. The van der Waals surface area contributed by atoms with Crippen LogP contribution in [-0.2, 0) is 23.1 Å². The summed E-state index contributed by atoms with van der Waals surface area (Å²) in [4.78, 5) is 24.7. The minimum absolute atomic E-state index is 0. The second-order valence-corrected chi connectivity index (χ2v) is 5.81. The molecule has 26 heavy (non-hydrogen) atoms. The van der Waals surface area contributed by atoms with Crippen molar-refractivity contribution in [2.75, 3.05) is 60.0 Å². The standard InChI is InChI=1S/C15H28N8O2.HI/c1-16-15(18-10-13-19-12-20-21(13)2)23-7-5-22(6-8-23)11-14(24)17-4-9-25-3;/h12H,4-11H2,1-3H3,(H,16,18)(H,17,24);1H. The van der Waals surface area contributed by atoms with Crippen LogP contribution in [0.1, 0.15) is 5.82 Å². The van der Waals surface area contributed by atoms with Crippen LogP contribution < -0.4 is 10.6 Å². The van der Waals surface area contributed by atoms with Gasteiger partial charge in [-0.3, -0.25) is 19.4 Å². The molecule has 1 aromatic heterocycles. The van der Waals surface area contributed by atoms with Gasteiger partial charge in [-0.05, 0) is 0 Å². The number of methoxy groups -OCH3 is 1. The molecular formula is C15H29IN8O2. The number of hydrogen-bond acceptors (Lipinski definition) is 6. The summed E-state index contributed by atoms with van der Waals surface area (Å²) in [7, 11) is 5.26. The smallest absolute Gasteiger partial charge is 0.234 e. The number of nitrogens with one attached hydrogen (secondary N) is 2. The van der Waals surface area contributed by atoms with Gasteiger partial charge in [0.05, 0.1) is 19.7 Å². The van der Waals surface area contributed by atoms with E-state index in [0.717, 1.165) is 38.0 Å². The van der Waals surface area contributed by atoms with Gasteiger partial charge in [0.1, 0.15) is 12.2 Å². The Morgan fingerprint density at radius 1 is 1.31 bits per heavy atom. The van der Waals surface area contributed by atoms with Crippen LogP contribution in [0.25, 0.3) is 0 Å². The molecule has 0 unspecified atom stereocenters. The normalized spacial score (nSPS) is 15.5. The summed E-state index contributed by atoms with van der Waals surface area (Å²) in [5.41, 5.74) is 0. The van der Waals surface area contributed by atoms with Crippen molar-refractivity contribution in [3.05, 3.63) is 12.2 Å². The van der Waals surface area contributed by atoms with Crippen molar-refractivity contribution in [1.29, 1.82) is 0 Å². The molecule has 0 radical (unpaired) electrons. The minimum atomic E-state index is 0. The average Bonchev–Trinajstić information content (AvgIpc) is 3.02. The summed E-state index contributed by atoms with van der Waals surface area (Å²) < 4.78 is 6.66. The van der Waals surface area contributed by atoms with Crippen molar-refractivity contribution >= 4 is 35.8 Å². The lowest BCUT2D eigenvalue weighted by atomic mass is 10.3. The lowest BCUT2D eigenvalue weighted by Gasteiger charge is -2.36. The molecule has 1 amide bonds. The second-order valence-electron chi connectivity index (χ2n) is 5.81. The van der Waals surface area contributed by atoms with E-state index in [9.17, 15) is 4.79 Å². The number of carbonyl (C=O) groups excluding carboxylic acids is 1. The Labute approximate surface area is 171 Å². The van der Waals surface area contributed by atoms with Gasteiger partial charge in [-0.2, -0.15) is 5.10 Å². The highest BCUT2D eigenvalue weighted by Crippen LogP contribution is 2.02. The molecule has 148 valence electrons. The summed E-state index contributed by atoms with van der Waals surface area (Å²) >= 11 is 0. The van der Waals surface area contributed by atoms with E-state index in [1.165, 1.54) is 6.33 Å². The fraction of sp³-hybridized carbons (Fsp3) is 0.733. The number of ether oxygens (including phenoxy) is 1. The van der Waals surface area contributed by atoms with Crippen LogP contribution in [0, 0.1) is 0 Å². The van der Waals surface area contributed by atoms with E-state index in [0.29, 0.717) is 26.2 Å². The highest BCUT2D eigenvalue weighted by molar-refractivity contribution is 14.0. The lowest BCUT2D eigenvalue weighted by molar-refractivity contribution is -0.122. The summed E-state index contributed by atoms with van der Waals surface area (Å²) in [5, 5.41) is 10.2. The van der Waals surface area contributed by atoms with Crippen molar-refractivity contribution in [3.63, 3.8) is 0 Å². The topological polar surface area (TPSA) is 99.9 Å². The maximum absolute atomic E-state index is 11.9. The van der Waals surface area contributed by atoms with Crippen LogP contribution in [-0.4, -0.2) is 96.5 Å². The van der Waals surface area contributed by atoms with Gasteiger partial charge in [-0.25, -0.2) is 4.98 Å². The third-order valence-corrected chi connectivity index (χ3v) is 4.09. The van der Waals surface area contributed by atoms with Gasteiger partial charge >= 0.3 is 0 Å². The van der Waals surface area contributed by atoms with E-state index >= 15 is 0 Å². The summed E-state index contributed by atoms with van der Waals surface area (Å²) in [6, 6.07) is 0. The van der Waals surface area contributed by atoms with Crippen LogP contribution in [0.5, 0.6) is 0 Å². The predicted molar refractivity (Wildman–Crippen MR) is 110 cm³/mol. The first kappa shape index (κ1) is 22.6. The van der Waals surface area contributed by atoms with Gasteiger partial charge in [-0.15, -0.1) is 24.0 Å². The molecule has 1 fully saturated rings. The number of aryl methyl sites for hydroxylation is 1. The van der Waals surface area contributed by atoms with Gasteiger partial charge in [0.15, 0.2) is 5.96 Å². The number of nitrogens with zero attached hydrogens (tertiary/aromatic N) is 6. The highest BCUT2D eigenvalue weighted by Gasteiger charge is 2.21. The molecule has 2 heterocycles. The predicted octanol–water partition coefficient (Wildman–Crippen LogP) is -1.11. The third-order valence-electron chi connectivity index (χ3n) is 4.09. The first-order chi connectivity index (χ1) is 12.1. The quantitative estimate of drug-likeness (QED) is 0.221. The Hall–Kier alpha value is -1.47. The number of aliphatic imine (C=N–C) groups is 1. The van der Waals surface area contributed by atoms with Crippen LogP contribution in [0.2, 0.25) is 0 Å². The Morgan fingerprint density at radius 3 is 2.62 bits per heavy atom. The fourth-order valence-corrected chi connectivity index (χ4v) is 2.64. The number of hydrogen-bond donors (Lipinski definition) is 2. The zero-order chi connectivity index (χ0) is 18.1. The van der Waals surface area contributed by atoms with E-state index in [2.05, 4.69) is 35.5 Å². The Kier molecular flexibility index (Phi) is 10.4. The van der Waals surface area contributed by atoms with Crippen molar-refractivity contribution in [2.45, 2.75) is 6.54 Å². The zero-order valence-corrected chi connectivity index (χ0v) is 18.0. The molecule has 0 aromatic carbocycles. The number of amides is 1. The fourth-order valence-electron chi connectivity index (χ4n) is 2.64. The number of halogens is 1. The molecule has 0 bridgehead atoms. The molecular weight excluding hydrogens is 451 g/mol. The van der Waals surface area contributed by atoms with E-state index in [4.69, 9.17) is 4.74 Å². The van der Waals surface area contributed by atoms with Crippen molar-refractivity contribution in [3.8, 4) is 0 Å². The maximum Gasteiger partial charge on any atom is 0.234 e. The molecule has 1 aromatic rings. The van der Waals surface area contributed by atoms with Gasteiger partial charge in [0.25, 0.3) is 0 Å². The number of aromatic nitrogens is 3. The molecule has 2 N–H and O–H groups in total. The molecule has 0 spiro atoms. The van der Waals surface area contributed by atoms with E-state index < -0.39 is 0 Å². The van der Waals surface area contributed by atoms with Gasteiger partial charge < -0.3 is 20.3 Å². The van der Waals surface area contributed by atoms with E-state index in [1.54, 1.807) is 18.8 Å². The molecule has 0 aliphatic carbocycles. The molecule has 1 aliphatic heterocycles. The molecule has 2 rings (SSSR count). The monoisotopic (exact) mass is 480 g/mol. The largest absolute Gasteiger partial charge is 0.383 e. The van der Waals surface area contributed by atoms with E-state index in [-0.39, 0.29) is 29.9 Å². The molecule has 0 atom stereocenters. The number of rotatable bonds is 7. The first-order valence-corrected chi connectivity index (χ1v) is 8.40. The lowest BCUT2D eigenvalue weighted by Crippen LogP contribution is -2.54. The minimum Gasteiger partial charge on any atom is -0.383 e. The number of piperazine rings is 1. The highest BCUT2D eigenvalue weighted by atomic mass is 127. The second kappa shape index (κ2) is 12.0. The Morgan fingerprint density at radius 2 is 2.04 bits per heavy atom. The Balaban J connectivity index is 0.00000338. The van der Waals surface area contributed by atoms with Crippen LogP contribution in [0.4, 0.5) is 0 Å². The van der Waals surface area contributed by atoms with Crippen LogP contribution in [0.3, 0.4) is 0 Å². The first-order valence-electron chi connectivity index (χ1n) is 8.40.